The Labute approximate surface area is 140 Å². The number of carboxylic acids is 1. The molecule has 0 aliphatic rings. The molecule has 2 unspecified atom stereocenters. The van der Waals surface area contributed by atoms with Crippen LogP contribution in [0.1, 0.15) is 38.3 Å². The number of ether oxygens (including phenoxy) is 1. The maximum absolute atomic E-state index is 12.5. The van der Waals surface area contributed by atoms with Crippen molar-refractivity contribution < 1.29 is 24.2 Å². The van der Waals surface area contributed by atoms with Gasteiger partial charge in [-0.2, -0.15) is 5.26 Å². The van der Waals surface area contributed by atoms with Crippen molar-refractivity contribution in [3.8, 4) is 6.07 Å². The Kier molecular flexibility index (Phi) is 6.48. The predicted octanol–water partition coefficient (Wildman–Crippen LogP) is 1.40. The van der Waals surface area contributed by atoms with Gasteiger partial charge in [-0.25, -0.2) is 9.59 Å². The molecule has 1 rings (SSSR count). The van der Waals surface area contributed by atoms with Crippen molar-refractivity contribution >= 4 is 17.8 Å². The van der Waals surface area contributed by atoms with Crippen molar-refractivity contribution in [3.63, 3.8) is 0 Å². The van der Waals surface area contributed by atoms with Crippen LogP contribution in [0.5, 0.6) is 0 Å². The number of benzene rings is 1. The fourth-order valence-electron chi connectivity index (χ4n) is 2.11. The van der Waals surface area contributed by atoms with E-state index in [1.165, 1.54) is 6.07 Å². The smallest absolute Gasteiger partial charge is 0.344 e. The molecule has 0 aliphatic carbocycles. The summed E-state index contributed by atoms with van der Waals surface area (Å²) < 4.78 is 5.16. The normalized spacial score (nSPS) is 13.9. The van der Waals surface area contributed by atoms with Crippen molar-refractivity contribution in [1.82, 2.24) is 5.32 Å². The fraction of sp³-hybridized carbons (Fsp3) is 0.412. The summed E-state index contributed by atoms with van der Waals surface area (Å²) in [6.45, 7) is 4.55. The quantitative estimate of drug-likeness (QED) is 0.576. The monoisotopic (exact) mass is 332 g/mol. The number of nitrogens with zero attached hydrogens (tertiary/aromatic N) is 1. The number of amides is 1. The standard InChI is InChI=1S/C17H20N2O5/c1-4-11(2)24-16(23)17(15(21)22,19-12(3)20)9-13-6-5-7-14(8-13)10-18/h5-8,11H,4,9H2,1-3H3,(H,19,20)(H,21,22). The molecule has 7 heteroatoms. The molecule has 24 heavy (non-hydrogen) atoms. The summed E-state index contributed by atoms with van der Waals surface area (Å²) in [5.74, 6) is -3.23. The number of esters is 1. The van der Waals surface area contributed by atoms with E-state index in [1.807, 2.05) is 6.07 Å². The lowest BCUT2D eigenvalue weighted by Gasteiger charge is -2.29. The number of carboxylic acid groups (broad SMARTS) is 1. The van der Waals surface area contributed by atoms with Gasteiger partial charge < -0.3 is 15.2 Å². The molecule has 1 aromatic carbocycles. The van der Waals surface area contributed by atoms with Crippen LogP contribution < -0.4 is 5.32 Å². The minimum atomic E-state index is -2.25. The van der Waals surface area contributed by atoms with E-state index in [2.05, 4.69) is 5.32 Å². The van der Waals surface area contributed by atoms with Gasteiger partial charge in [-0.3, -0.25) is 4.79 Å². The van der Waals surface area contributed by atoms with Crippen molar-refractivity contribution in [3.05, 3.63) is 35.4 Å². The molecule has 0 saturated heterocycles. The molecule has 0 heterocycles. The van der Waals surface area contributed by atoms with Crippen LogP contribution in [-0.4, -0.2) is 34.6 Å². The first-order chi connectivity index (χ1) is 11.2. The topological polar surface area (TPSA) is 116 Å². The minimum Gasteiger partial charge on any atom is -0.479 e. The van der Waals surface area contributed by atoms with Gasteiger partial charge in [0.05, 0.1) is 17.7 Å². The largest absolute Gasteiger partial charge is 0.479 e. The molecule has 1 aromatic rings. The number of nitriles is 1. The maximum atomic E-state index is 12.5. The van der Waals surface area contributed by atoms with Crippen molar-refractivity contribution in [2.24, 2.45) is 0 Å². The van der Waals surface area contributed by atoms with E-state index >= 15 is 0 Å². The molecule has 0 spiro atoms. The van der Waals surface area contributed by atoms with E-state index in [0.717, 1.165) is 6.92 Å². The Morgan fingerprint density at radius 2 is 2.08 bits per heavy atom. The van der Waals surface area contributed by atoms with E-state index in [0.29, 0.717) is 17.5 Å². The predicted molar refractivity (Wildman–Crippen MR) is 84.9 cm³/mol. The summed E-state index contributed by atoms with van der Waals surface area (Å²) in [5.41, 5.74) is -1.50. The molecule has 2 atom stereocenters. The van der Waals surface area contributed by atoms with Crippen LogP contribution in [0.25, 0.3) is 0 Å². The van der Waals surface area contributed by atoms with Gasteiger partial charge in [0.1, 0.15) is 0 Å². The number of aliphatic carboxylic acids is 1. The van der Waals surface area contributed by atoms with E-state index in [1.54, 1.807) is 32.0 Å². The molecule has 0 bridgehead atoms. The molecule has 128 valence electrons. The summed E-state index contributed by atoms with van der Waals surface area (Å²) >= 11 is 0. The number of carbonyl (C=O) groups is 3. The Bertz CT molecular complexity index is 680. The first-order valence-corrected chi connectivity index (χ1v) is 7.47. The second-order valence-electron chi connectivity index (χ2n) is 5.50. The average Bonchev–Trinajstić information content (AvgIpc) is 2.53. The van der Waals surface area contributed by atoms with E-state index in [4.69, 9.17) is 10.00 Å². The Morgan fingerprint density at radius 3 is 2.58 bits per heavy atom. The van der Waals surface area contributed by atoms with Gasteiger partial charge in [-0.1, -0.05) is 19.1 Å². The van der Waals surface area contributed by atoms with Crippen LogP contribution in [0.3, 0.4) is 0 Å². The third-order valence-electron chi connectivity index (χ3n) is 3.51. The zero-order chi connectivity index (χ0) is 18.3. The van der Waals surface area contributed by atoms with Crippen LogP contribution in [0.4, 0.5) is 0 Å². The number of rotatable bonds is 7. The van der Waals surface area contributed by atoms with Crippen molar-refractivity contribution in [1.29, 1.82) is 5.26 Å². The Hall–Kier alpha value is -2.88. The molecule has 7 nitrogen and oxygen atoms in total. The molecular weight excluding hydrogens is 312 g/mol. The fourth-order valence-corrected chi connectivity index (χ4v) is 2.11. The molecule has 0 fully saturated rings. The SMILES string of the molecule is CCC(C)OC(=O)C(Cc1cccc(C#N)c1)(NC(C)=O)C(=O)O. The second kappa shape index (κ2) is 8.11. The van der Waals surface area contributed by atoms with Gasteiger partial charge in [0.25, 0.3) is 0 Å². The van der Waals surface area contributed by atoms with Crippen LogP contribution in [0.15, 0.2) is 24.3 Å². The molecule has 0 aliphatic heterocycles. The van der Waals surface area contributed by atoms with Gasteiger partial charge in [-0.05, 0) is 31.0 Å². The Balaban J connectivity index is 3.29. The molecule has 0 radical (unpaired) electrons. The van der Waals surface area contributed by atoms with E-state index < -0.39 is 29.5 Å². The minimum absolute atomic E-state index is 0.324. The van der Waals surface area contributed by atoms with E-state index in [9.17, 15) is 19.5 Å². The zero-order valence-corrected chi connectivity index (χ0v) is 13.8. The highest BCUT2D eigenvalue weighted by molar-refractivity contribution is 6.07. The molecule has 2 N–H and O–H groups in total. The van der Waals surface area contributed by atoms with Crippen molar-refractivity contribution in [2.75, 3.05) is 0 Å². The lowest BCUT2D eigenvalue weighted by atomic mass is 9.89. The second-order valence-corrected chi connectivity index (χ2v) is 5.50. The van der Waals surface area contributed by atoms with E-state index in [-0.39, 0.29) is 6.42 Å². The molecule has 0 saturated carbocycles. The van der Waals surface area contributed by atoms with Crippen LogP contribution in [0.2, 0.25) is 0 Å². The highest BCUT2D eigenvalue weighted by atomic mass is 16.5. The first-order valence-electron chi connectivity index (χ1n) is 7.47. The maximum Gasteiger partial charge on any atom is 0.344 e. The summed E-state index contributed by atoms with van der Waals surface area (Å²) in [6, 6.07) is 8.13. The van der Waals surface area contributed by atoms with Gasteiger partial charge in [0.2, 0.25) is 11.4 Å². The third-order valence-corrected chi connectivity index (χ3v) is 3.51. The summed E-state index contributed by atoms with van der Waals surface area (Å²) in [7, 11) is 0. The number of hydrogen-bond donors (Lipinski definition) is 2. The zero-order valence-electron chi connectivity index (χ0n) is 13.8. The highest BCUT2D eigenvalue weighted by Gasteiger charge is 2.49. The number of hydrogen-bond acceptors (Lipinski definition) is 5. The van der Waals surface area contributed by atoms with Gasteiger partial charge in [0.15, 0.2) is 0 Å². The molecule has 0 aromatic heterocycles. The van der Waals surface area contributed by atoms with Crippen LogP contribution >= 0.6 is 0 Å². The average molecular weight is 332 g/mol. The lowest BCUT2D eigenvalue weighted by molar-refractivity contribution is -0.168. The van der Waals surface area contributed by atoms with Gasteiger partial charge in [-0.15, -0.1) is 0 Å². The number of nitrogens with one attached hydrogen (secondary N) is 1. The van der Waals surface area contributed by atoms with Crippen LogP contribution in [0, 0.1) is 11.3 Å². The Morgan fingerprint density at radius 1 is 1.42 bits per heavy atom. The summed E-state index contributed by atoms with van der Waals surface area (Å²) in [5, 5.41) is 20.8. The first kappa shape index (κ1) is 19.2. The number of carbonyl (C=O) groups excluding carboxylic acids is 2. The summed E-state index contributed by atoms with van der Waals surface area (Å²) in [6.07, 6.45) is -0.312. The summed E-state index contributed by atoms with van der Waals surface area (Å²) in [4.78, 5) is 35.8. The van der Waals surface area contributed by atoms with Gasteiger partial charge >= 0.3 is 11.9 Å². The molecular formula is C17H20N2O5. The third kappa shape index (κ3) is 4.56. The van der Waals surface area contributed by atoms with Crippen LogP contribution in [-0.2, 0) is 25.5 Å². The molecule has 1 amide bonds. The lowest BCUT2D eigenvalue weighted by Crippen LogP contribution is -2.62. The highest BCUT2D eigenvalue weighted by Crippen LogP contribution is 2.19. The van der Waals surface area contributed by atoms with Crippen molar-refractivity contribution in [2.45, 2.75) is 45.3 Å². The van der Waals surface area contributed by atoms with Gasteiger partial charge in [0, 0.05) is 13.3 Å².